The number of carbonyl (C=O) groups excluding carboxylic acids is 1. The number of ether oxygens (including phenoxy) is 2. The number of halogens is 1. The molecule has 0 fully saturated rings. The van der Waals surface area contributed by atoms with Crippen molar-refractivity contribution in [3.8, 4) is 11.5 Å². The van der Waals surface area contributed by atoms with Crippen LogP contribution in [0.2, 0.25) is 0 Å². The van der Waals surface area contributed by atoms with Gasteiger partial charge in [-0.15, -0.1) is 0 Å². The molecule has 0 radical (unpaired) electrons. The van der Waals surface area contributed by atoms with Gasteiger partial charge >= 0.3 is 6.09 Å². The molecule has 0 saturated heterocycles. The van der Waals surface area contributed by atoms with Crippen molar-refractivity contribution in [2.24, 2.45) is 0 Å². The molecule has 6 nitrogen and oxygen atoms in total. The van der Waals surface area contributed by atoms with Gasteiger partial charge in [-0.05, 0) is 61.3 Å². The number of aromatic hydroxyl groups is 1. The van der Waals surface area contributed by atoms with Crippen molar-refractivity contribution in [1.82, 2.24) is 10.6 Å². The van der Waals surface area contributed by atoms with Gasteiger partial charge in [0.2, 0.25) is 0 Å². The molecule has 1 aromatic rings. The van der Waals surface area contributed by atoms with Crippen LogP contribution in [0.1, 0.15) is 33.3 Å². The molecule has 130 valence electrons. The van der Waals surface area contributed by atoms with E-state index in [9.17, 15) is 9.90 Å². The minimum absolute atomic E-state index is 0.0566. The van der Waals surface area contributed by atoms with Crippen LogP contribution in [0.15, 0.2) is 16.6 Å². The van der Waals surface area contributed by atoms with Crippen LogP contribution in [0.5, 0.6) is 11.5 Å². The second-order valence-corrected chi connectivity index (χ2v) is 7.15. The van der Waals surface area contributed by atoms with Crippen molar-refractivity contribution < 1.29 is 19.4 Å². The lowest BCUT2D eigenvalue weighted by atomic mass is 10.2. The largest absolute Gasteiger partial charge is 0.503 e. The first-order chi connectivity index (χ1) is 10.6. The predicted molar refractivity (Wildman–Crippen MR) is 92.9 cm³/mol. The summed E-state index contributed by atoms with van der Waals surface area (Å²) in [7, 11) is 1.51. The number of phenolic OH excluding ortho intramolecular Hbond substituents is 1. The minimum Gasteiger partial charge on any atom is -0.503 e. The fourth-order valence-electron chi connectivity index (χ4n) is 1.80. The molecular formula is C16H25BrN2O4. The predicted octanol–water partition coefficient (Wildman–Crippen LogP) is 3.17. The molecule has 1 aromatic carbocycles. The van der Waals surface area contributed by atoms with Crippen LogP contribution >= 0.6 is 15.9 Å². The third kappa shape index (κ3) is 7.09. The lowest BCUT2D eigenvalue weighted by Crippen LogP contribution is -2.41. The summed E-state index contributed by atoms with van der Waals surface area (Å²) in [6.45, 7) is 8.46. The van der Waals surface area contributed by atoms with Gasteiger partial charge in [-0.3, -0.25) is 0 Å². The van der Waals surface area contributed by atoms with Gasteiger partial charge in [0.25, 0.3) is 0 Å². The van der Waals surface area contributed by atoms with Crippen LogP contribution in [0.25, 0.3) is 0 Å². The number of nitrogens with one attached hydrogen (secondary N) is 2. The van der Waals surface area contributed by atoms with Crippen LogP contribution in [0, 0.1) is 0 Å². The van der Waals surface area contributed by atoms with Gasteiger partial charge in [0.15, 0.2) is 11.5 Å². The van der Waals surface area contributed by atoms with Crippen LogP contribution in [0.4, 0.5) is 4.79 Å². The summed E-state index contributed by atoms with van der Waals surface area (Å²) in [5, 5.41) is 15.8. The average Bonchev–Trinajstić information content (AvgIpc) is 2.44. The molecule has 1 rings (SSSR count). The molecule has 7 heteroatoms. The molecule has 0 aliphatic heterocycles. The molecule has 1 atom stereocenters. The normalized spacial score (nSPS) is 12.6. The van der Waals surface area contributed by atoms with Crippen molar-refractivity contribution >= 4 is 22.0 Å². The monoisotopic (exact) mass is 388 g/mol. The summed E-state index contributed by atoms with van der Waals surface area (Å²) < 4.78 is 10.9. The first kappa shape index (κ1) is 19.6. The fraction of sp³-hybridized carbons (Fsp3) is 0.562. The van der Waals surface area contributed by atoms with E-state index in [2.05, 4.69) is 26.6 Å². The van der Waals surface area contributed by atoms with E-state index in [0.29, 0.717) is 23.3 Å². The highest BCUT2D eigenvalue weighted by molar-refractivity contribution is 9.10. The Morgan fingerprint density at radius 1 is 1.39 bits per heavy atom. The standard InChI is InChI=1S/C16H25BrN2O4/c1-10(8-19-15(21)23-16(2,3)4)18-9-11-6-12(17)14(20)13(7-11)22-5/h6-7,10,18,20H,8-9H2,1-5H3,(H,19,21). The minimum atomic E-state index is -0.504. The molecule has 0 saturated carbocycles. The molecule has 0 heterocycles. The van der Waals surface area contributed by atoms with Gasteiger partial charge in [-0.2, -0.15) is 0 Å². The Bertz CT molecular complexity index is 544. The second-order valence-electron chi connectivity index (χ2n) is 6.29. The second kappa shape index (κ2) is 8.40. The van der Waals surface area contributed by atoms with Crippen molar-refractivity contribution in [3.63, 3.8) is 0 Å². The van der Waals surface area contributed by atoms with Gasteiger partial charge in [-0.25, -0.2) is 4.79 Å². The summed E-state index contributed by atoms with van der Waals surface area (Å²) in [6.07, 6.45) is -0.430. The van der Waals surface area contributed by atoms with Crippen molar-refractivity contribution in [1.29, 1.82) is 0 Å². The quantitative estimate of drug-likeness (QED) is 0.697. The smallest absolute Gasteiger partial charge is 0.407 e. The Kier molecular flexibility index (Phi) is 7.15. The molecule has 0 aromatic heterocycles. The first-order valence-electron chi connectivity index (χ1n) is 7.38. The summed E-state index contributed by atoms with van der Waals surface area (Å²) in [4.78, 5) is 11.6. The van der Waals surface area contributed by atoms with E-state index in [4.69, 9.17) is 9.47 Å². The molecular weight excluding hydrogens is 364 g/mol. The van der Waals surface area contributed by atoms with E-state index in [1.165, 1.54) is 7.11 Å². The Morgan fingerprint density at radius 3 is 2.61 bits per heavy atom. The van der Waals surface area contributed by atoms with Crippen molar-refractivity contribution in [2.75, 3.05) is 13.7 Å². The van der Waals surface area contributed by atoms with E-state index in [-0.39, 0.29) is 11.8 Å². The summed E-state index contributed by atoms with van der Waals surface area (Å²) in [5.41, 5.74) is 0.450. The number of benzene rings is 1. The Morgan fingerprint density at radius 2 is 2.04 bits per heavy atom. The van der Waals surface area contributed by atoms with Gasteiger partial charge < -0.3 is 25.2 Å². The number of alkyl carbamates (subject to hydrolysis) is 1. The lowest BCUT2D eigenvalue weighted by Gasteiger charge is -2.21. The number of methoxy groups -OCH3 is 1. The summed E-state index contributed by atoms with van der Waals surface area (Å²) >= 11 is 3.29. The third-order valence-electron chi connectivity index (χ3n) is 2.91. The zero-order valence-corrected chi connectivity index (χ0v) is 15.8. The van der Waals surface area contributed by atoms with Gasteiger partial charge in [0, 0.05) is 19.1 Å². The molecule has 0 spiro atoms. The highest BCUT2D eigenvalue weighted by Gasteiger charge is 2.16. The zero-order valence-electron chi connectivity index (χ0n) is 14.2. The van der Waals surface area contributed by atoms with Gasteiger partial charge in [-0.1, -0.05) is 0 Å². The van der Waals surface area contributed by atoms with E-state index in [0.717, 1.165) is 5.56 Å². The van der Waals surface area contributed by atoms with Crippen molar-refractivity contribution in [3.05, 3.63) is 22.2 Å². The Labute approximate surface area is 145 Å². The van der Waals surface area contributed by atoms with Crippen molar-refractivity contribution in [2.45, 2.75) is 45.9 Å². The number of rotatable bonds is 6. The third-order valence-corrected chi connectivity index (χ3v) is 3.52. The number of amides is 1. The number of hydrogen-bond donors (Lipinski definition) is 3. The van der Waals surface area contributed by atoms with Crippen LogP contribution in [-0.4, -0.2) is 36.5 Å². The van der Waals surface area contributed by atoms with Gasteiger partial charge in [0.1, 0.15) is 5.60 Å². The van der Waals surface area contributed by atoms with E-state index in [1.54, 1.807) is 6.07 Å². The highest BCUT2D eigenvalue weighted by Crippen LogP contribution is 2.35. The van der Waals surface area contributed by atoms with E-state index >= 15 is 0 Å². The maximum atomic E-state index is 11.6. The maximum absolute atomic E-state index is 11.6. The lowest BCUT2D eigenvalue weighted by molar-refractivity contribution is 0.0523. The van der Waals surface area contributed by atoms with Crippen LogP contribution in [-0.2, 0) is 11.3 Å². The summed E-state index contributed by atoms with van der Waals surface area (Å²) in [5.74, 6) is 0.492. The molecule has 1 unspecified atom stereocenters. The SMILES string of the molecule is COc1cc(CNC(C)CNC(=O)OC(C)(C)C)cc(Br)c1O. The average molecular weight is 389 g/mol. The Balaban J connectivity index is 2.46. The molecule has 3 N–H and O–H groups in total. The van der Waals surface area contributed by atoms with Gasteiger partial charge in [0.05, 0.1) is 11.6 Å². The number of hydrogen-bond acceptors (Lipinski definition) is 5. The number of carbonyl (C=O) groups is 1. The van der Waals surface area contributed by atoms with E-state index < -0.39 is 11.7 Å². The fourth-order valence-corrected chi connectivity index (χ4v) is 2.29. The summed E-state index contributed by atoms with van der Waals surface area (Å²) in [6, 6.07) is 3.64. The number of phenols is 1. The molecule has 0 aliphatic carbocycles. The molecule has 1 amide bonds. The molecule has 0 aliphatic rings. The van der Waals surface area contributed by atoms with E-state index in [1.807, 2.05) is 33.8 Å². The van der Waals surface area contributed by atoms with Crippen LogP contribution in [0.3, 0.4) is 0 Å². The topological polar surface area (TPSA) is 79.8 Å². The first-order valence-corrected chi connectivity index (χ1v) is 8.17. The maximum Gasteiger partial charge on any atom is 0.407 e. The Hall–Kier alpha value is -1.47. The highest BCUT2D eigenvalue weighted by atomic mass is 79.9. The molecule has 23 heavy (non-hydrogen) atoms. The molecule has 0 bridgehead atoms. The zero-order chi connectivity index (χ0) is 17.6. The van der Waals surface area contributed by atoms with Crippen LogP contribution < -0.4 is 15.4 Å².